The van der Waals surface area contributed by atoms with Crippen LogP contribution >= 0.6 is 0 Å². The van der Waals surface area contributed by atoms with Gasteiger partial charge in [-0.1, -0.05) is 79.7 Å². The van der Waals surface area contributed by atoms with Crippen molar-refractivity contribution in [2.45, 2.75) is 33.1 Å². The van der Waals surface area contributed by atoms with Crippen molar-refractivity contribution in [3.05, 3.63) is 113 Å². The molecule has 3 aromatic carbocycles. The lowest BCUT2D eigenvalue weighted by Crippen LogP contribution is -2.16. The highest BCUT2D eigenvalue weighted by Crippen LogP contribution is 2.40. The summed E-state index contributed by atoms with van der Waals surface area (Å²) >= 11 is 0. The highest BCUT2D eigenvalue weighted by Gasteiger charge is 2.30. The lowest BCUT2D eigenvalue weighted by molar-refractivity contribution is -0.151. The molecule has 1 amide bonds. The van der Waals surface area contributed by atoms with Gasteiger partial charge in [0.1, 0.15) is 0 Å². The SMILES string of the molecule is CCc1ccc(-c2c(-c3ccccc3)c(C(=O)Nc3ccccc3)c(C)n2CC2=CC(=O)OC2O)cc1. The fraction of sp³-hybridized carbons (Fsp3) is 0.161. The van der Waals surface area contributed by atoms with Crippen molar-refractivity contribution in [1.29, 1.82) is 0 Å². The van der Waals surface area contributed by atoms with Gasteiger partial charge in [0.05, 0.1) is 17.8 Å². The minimum atomic E-state index is -1.31. The Bertz CT molecular complexity index is 1470. The van der Waals surface area contributed by atoms with Crippen LogP contribution in [-0.2, 0) is 22.5 Å². The average Bonchev–Trinajstić information content (AvgIpc) is 3.39. The summed E-state index contributed by atoms with van der Waals surface area (Å²) in [5.41, 5.74) is 7.02. The van der Waals surface area contributed by atoms with Crippen LogP contribution in [0, 0.1) is 6.92 Å². The first-order chi connectivity index (χ1) is 18.0. The Balaban J connectivity index is 1.74. The van der Waals surface area contributed by atoms with Crippen LogP contribution in [-0.4, -0.2) is 27.8 Å². The van der Waals surface area contributed by atoms with Gasteiger partial charge in [-0.2, -0.15) is 0 Å². The third-order valence-corrected chi connectivity index (χ3v) is 6.67. The molecule has 0 aliphatic carbocycles. The van der Waals surface area contributed by atoms with Gasteiger partial charge in [-0.25, -0.2) is 4.79 Å². The summed E-state index contributed by atoms with van der Waals surface area (Å²) in [6.07, 6.45) is 0.918. The number of aryl methyl sites for hydroxylation is 1. The zero-order valence-corrected chi connectivity index (χ0v) is 20.8. The number of para-hydroxylation sites is 1. The van der Waals surface area contributed by atoms with Crippen LogP contribution in [0.1, 0.15) is 28.5 Å². The number of nitrogens with zero attached hydrogens (tertiary/aromatic N) is 1. The predicted molar refractivity (Wildman–Crippen MR) is 144 cm³/mol. The molecule has 0 saturated carbocycles. The second kappa shape index (κ2) is 10.3. The number of hydrogen-bond acceptors (Lipinski definition) is 4. The largest absolute Gasteiger partial charge is 0.429 e. The van der Waals surface area contributed by atoms with E-state index < -0.39 is 12.3 Å². The molecule has 37 heavy (non-hydrogen) atoms. The number of ether oxygens (including phenoxy) is 1. The highest BCUT2D eigenvalue weighted by molar-refractivity contribution is 6.12. The first-order valence-electron chi connectivity index (χ1n) is 12.3. The van der Waals surface area contributed by atoms with Gasteiger partial charge in [0.25, 0.3) is 5.91 Å². The van der Waals surface area contributed by atoms with Crippen molar-refractivity contribution in [2.24, 2.45) is 0 Å². The van der Waals surface area contributed by atoms with Crippen LogP contribution in [0.5, 0.6) is 0 Å². The number of nitrogens with one attached hydrogen (secondary N) is 1. The molecule has 1 unspecified atom stereocenters. The number of carbonyl (C=O) groups excluding carboxylic acids is 2. The fourth-order valence-corrected chi connectivity index (χ4v) is 4.76. The maximum absolute atomic E-state index is 13.8. The van der Waals surface area contributed by atoms with Gasteiger partial charge in [-0.05, 0) is 42.2 Å². The molecule has 6 nitrogen and oxygen atoms in total. The summed E-state index contributed by atoms with van der Waals surface area (Å²) in [6, 6.07) is 27.4. The molecule has 0 spiro atoms. The Morgan fingerprint density at radius 3 is 2.19 bits per heavy atom. The van der Waals surface area contributed by atoms with Crippen LogP contribution in [0.2, 0.25) is 0 Å². The molecule has 1 aliphatic heterocycles. The van der Waals surface area contributed by atoms with E-state index in [9.17, 15) is 14.7 Å². The maximum atomic E-state index is 13.8. The second-order valence-electron chi connectivity index (χ2n) is 9.02. The molecule has 4 aromatic rings. The first kappa shape index (κ1) is 24.3. The van der Waals surface area contributed by atoms with E-state index in [-0.39, 0.29) is 12.5 Å². The van der Waals surface area contributed by atoms with E-state index in [1.807, 2.05) is 72.2 Å². The topological polar surface area (TPSA) is 80.6 Å². The van der Waals surface area contributed by atoms with E-state index in [4.69, 9.17) is 4.74 Å². The lowest BCUT2D eigenvalue weighted by Gasteiger charge is -2.16. The summed E-state index contributed by atoms with van der Waals surface area (Å²) in [5, 5.41) is 13.4. The molecule has 2 heterocycles. The lowest BCUT2D eigenvalue weighted by atomic mass is 9.96. The third-order valence-electron chi connectivity index (χ3n) is 6.67. The van der Waals surface area contributed by atoms with Crippen molar-refractivity contribution >= 4 is 17.6 Å². The molecular weight excluding hydrogens is 464 g/mol. The number of anilines is 1. The molecule has 1 aliphatic rings. The first-order valence-corrected chi connectivity index (χ1v) is 12.3. The van der Waals surface area contributed by atoms with Crippen molar-refractivity contribution < 1.29 is 19.4 Å². The van der Waals surface area contributed by atoms with Crippen molar-refractivity contribution in [3.63, 3.8) is 0 Å². The number of aromatic nitrogens is 1. The van der Waals surface area contributed by atoms with Gasteiger partial charge in [0.2, 0.25) is 6.29 Å². The van der Waals surface area contributed by atoms with Crippen LogP contribution in [0.3, 0.4) is 0 Å². The van der Waals surface area contributed by atoms with Gasteiger partial charge in [-0.3, -0.25) is 4.79 Å². The summed E-state index contributed by atoms with van der Waals surface area (Å²) in [6.45, 7) is 4.19. The van der Waals surface area contributed by atoms with E-state index in [2.05, 4.69) is 36.5 Å². The van der Waals surface area contributed by atoms with Crippen LogP contribution < -0.4 is 5.32 Å². The van der Waals surface area contributed by atoms with E-state index in [0.717, 1.165) is 28.8 Å². The monoisotopic (exact) mass is 492 g/mol. The molecule has 186 valence electrons. The summed E-state index contributed by atoms with van der Waals surface area (Å²) in [5.74, 6) is -0.813. The molecule has 6 heteroatoms. The Morgan fingerprint density at radius 1 is 0.946 bits per heavy atom. The minimum absolute atomic E-state index is 0.196. The number of amides is 1. The molecule has 5 rings (SSSR count). The van der Waals surface area contributed by atoms with E-state index >= 15 is 0 Å². The number of aliphatic hydroxyl groups excluding tert-OH is 1. The summed E-state index contributed by atoms with van der Waals surface area (Å²) in [7, 11) is 0. The van der Waals surface area contributed by atoms with Crippen LogP contribution in [0.25, 0.3) is 22.4 Å². The fourth-order valence-electron chi connectivity index (χ4n) is 4.76. The molecule has 1 atom stereocenters. The number of esters is 1. The quantitative estimate of drug-likeness (QED) is 0.322. The Hall–Kier alpha value is -4.42. The van der Waals surface area contributed by atoms with E-state index in [1.54, 1.807) is 0 Å². The third kappa shape index (κ3) is 4.84. The Labute approximate surface area is 215 Å². The molecule has 0 saturated heterocycles. The van der Waals surface area contributed by atoms with Crippen molar-refractivity contribution in [2.75, 3.05) is 5.32 Å². The number of rotatable bonds is 7. The molecule has 2 N–H and O–H groups in total. The van der Waals surface area contributed by atoms with Gasteiger partial charge in [0.15, 0.2) is 0 Å². The minimum Gasteiger partial charge on any atom is -0.429 e. The van der Waals surface area contributed by atoms with Gasteiger partial charge in [0, 0.05) is 28.6 Å². The zero-order valence-electron chi connectivity index (χ0n) is 20.8. The van der Waals surface area contributed by atoms with Crippen molar-refractivity contribution in [1.82, 2.24) is 4.57 Å². The van der Waals surface area contributed by atoms with E-state index in [0.29, 0.717) is 22.5 Å². The molecule has 0 fully saturated rings. The molecular formula is C31H28N2O4. The number of cyclic esters (lactones) is 1. The summed E-state index contributed by atoms with van der Waals surface area (Å²) in [4.78, 5) is 25.7. The van der Waals surface area contributed by atoms with Crippen molar-refractivity contribution in [3.8, 4) is 22.4 Å². The standard InChI is InChI=1S/C31H28N2O4/c1-3-21-14-16-23(17-15-21)29-28(22-10-6-4-7-11-22)27(30(35)32-25-12-8-5-9-13-25)20(2)33(29)19-24-18-26(34)37-31(24)36/h4-18,31,36H,3,19H2,1-2H3,(H,32,35). The maximum Gasteiger partial charge on any atom is 0.333 e. The number of benzene rings is 3. The number of aliphatic hydroxyl groups is 1. The molecule has 0 radical (unpaired) electrons. The summed E-state index contributed by atoms with van der Waals surface area (Å²) < 4.78 is 6.93. The van der Waals surface area contributed by atoms with Gasteiger partial charge >= 0.3 is 5.97 Å². The van der Waals surface area contributed by atoms with Gasteiger partial charge < -0.3 is 19.7 Å². The highest BCUT2D eigenvalue weighted by atomic mass is 16.6. The smallest absolute Gasteiger partial charge is 0.333 e. The van der Waals surface area contributed by atoms with Crippen LogP contribution in [0.15, 0.2) is 96.6 Å². The normalized spacial score (nSPS) is 14.8. The molecule has 0 bridgehead atoms. The Kier molecular flexibility index (Phi) is 6.75. The number of carbonyl (C=O) groups is 2. The van der Waals surface area contributed by atoms with Gasteiger partial charge in [-0.15, -0.1) is 0 Å². The molecule has 1 aromatic heterocycles. The van der Waals surface area contributed by atoms with Crippen LogP contribution in [0.4, 0.5) is 5.69 Å². The average molecular weight is 493 g/mol. The van der Waals surface area contributed by atoms with E-state index in [1.165, 1.54) is 11.6 Å². The second-order valence-corrected chi connectivity index (χ2v) is 9.02. The predicted octanol–water partition coefficient (Wildman–Crippen LogP) is 5.75. The Morgan fingerprint density at radius 2 is 1.59 bits per heavy atom. The number of hydrogen-bond donors (Lipinski definition) is 2. The zero-order chi connectivity index (χ0) is 25.9.